The van der Waals surface area contributed by atoms with Gasteiger partial charge >= 0.3 is 5.69 Å². The van der Waals surface area contributed by atoms with E-state index in [4.69, 9.17) is 9.47 Å². The van der Waals surface area contributed by atoms with Gasteiger partial charge in [0.05, 0.1) is 5.92 Å². The van der Waals surface area contributed by atoms with Crippen LogP contribution >= 0.6 is 0 Å². The van der Waals surface area contributed by atoms with E-state index >= 15 is 0 Å². The fraction of sp³-hybridized carbons (Fsp3) is 0.250. The molecule has 25 heavy (non-hydrogen) atoms. The molecule has 3 heterocycles. The molecule has 1 saturated heterocycles. The van der Waals surface area contributed by atoms with Crippen LogP contribution < -0.4 is 25.4 Å². The van der Waals surface area contributed by atoms with Crippen LogP contribution in [0.4, 0.5) is 11.5 Å². The average Bonchev–Trinajstić information content (AvgIpc) is 3.20. The van der Waals surface area contributed by atoms with Gasteiger partial charge in [0.15, 0.2) is 11.5 Å². The van der Waals surface area contributed by atoms with Crippen LogP contribution in [-0.2, 0) is 9.59 Å². The number of hydrogen-bond donors (Lipinski definition) is 2. The molecule has 2 N–H and O–H groups in total. The Balaban J connectivity index is 1.48. The molecule has 1 aromatic heterocycles. The van der Waals surface area contributed by atoms with E-state index in [2.05, 4.69) is 15.3 Å². The van der Waals surface area contributed by atoms with Crippen LogP contribution in [-0.4, -0.2) is 35.1 Å². The number of rotatable bonds is 3. The van der Waals surface area contributed by atoms with Crippen LogP contribution in [0.25, 0.3) is 0 Å². The summed E-state index contributed by atoms with van der Waals surface area (Å²) < 4.78 is 10.6. The maximum atomic E-state index is 12.4. The van der Waals surface area contributed by atoms with Crippen molar-refractivity contribution in [2.45, 2.75) is 6.42 Å². The molecule has 0 bridgehead atoms. The highest BCUT2D eigenvalue weighted by atomic mass is 16.7. The molecule has 0 spiro atoms. The zero-order chi connectivity index (χ0) is 17.4. The highest BCUT2D eigenvalue weighted by Crippen LogP contribution is 2.37. The van der Waals surface area contributed by atoms with Gasteiger partial charge in [-0.05, 0) is 18.2 Å². The Bertz CT molecular complexity index is 909. The lowest BCUT2D eigenvalue weighted by Crippen LogP contribution is -2.28. The molecule has 1 atom stereocenters. The molecule has 1 aromatic carbocycles. The Morgan fingerprint density at radius 2 is 2.08 bits per heavy atom. The largest absolute Gasteiger partial charge is 0.454 e. The number of carbonyl (C=O) groups excluding carboxylic acids is 2. The van der Waals surface area contributed by atoms with E-state index in [0.29, 0.717) is 17.2 Å². The lowest BCUT2D eigenvalue weighted by atomic mass is 10.1. The highest BCUT2D eigenvalue weighted by molar-refractivity contribution is 6.03. The van der Waals surface area contributed by atoms with Crippen LogP contribution in [0.3, 0.4) is 0 Å². The van der Waals surface area contributed by atoms with Crippen molar-refractivity contribution in [3.8, 4) is 11.5 Å². The van der Waals surface area contributed by atoms with Crippen molar-refractivity contribution in [3.05, 3.63) is 40.9 Å². The molecule has 0 saturated carbocycles. The topological polar surface area (TPSA) is 114 Å². The number of nitrogens with one attached hydrogen (secondary N) is 2. The van der Waals surface area contributed by atoms with E-state index in [9.17, 15) is 14.4 Å². The Labute approximate surface area is 141 Å². The number of H-pyrrole nitrogens is 1. The second kappa shape index (κ2) is 5.93. The van der Waals surface area contributed by atoms with Crippen molar-refractivity contribution >= 4 is 23.3 Å². The minimum absolute atomic E-state index is 0.0928. The van der Waals surface area contributed by atoms with Gasteiger partial charge in [0.1, 0.15) is 5.82 Å². The molecule has 9 nitrogen and oxygen atoms in total. The van der Waals surface area contributed by atoms with E-state index in [1.807, 2.05) is 0 Å². The molecule has 128 valence electrons. The van der Waals surface area contributed by atoms with Crippen molar-refractivity contribution < 1.29 is 19.1 Å². The lowest BCUT2D eigenvalue weighted by Gasteiger charge is -2.17. The summed E-state index contributed by atoms with van der Waals surface area (Å²) in [5.74, 6) is 0.452. The molecular weight excluding hydrogens is 328 g/mol. The Hall–Kier alpha value is -3.36. The number of carbonyl (C=O) groups is 2. The average molecular weight is 342 g/mol. The highest BCUT2D eigenvalue weighted by Gasteiger charge is 2.35. The van der Waals surface area contributed by atoms with Gasteiger partial charge in [0.25, 0.3) is 0 Å². The Morgan fingerprint density at radius 1 is 1.24 bits per heavy atom. The molecule has 0 aliphatic carbocycles. The second-order valence-corrected chi connectivity index (χ2v) is 5.72. The van der Waals surface area contributed by atoms with Gasteiger partial charge in [-0.2, -0.15) is 0 Å². The number of benzene rings is 1. The number of hydrogen-bond acceptors (Lipinski definition) is 6. The van der Waals surface area contributed by atoms with Crippen molar-refractivity contribution in [1.29, 1.82) is 0 Å². The fourth-order valence-electron chi connectivity index (χ4n) is 2.86. The zero-order valence-electron chi connectivity index (χ0n) is 13.0. The summed E-state index contributed by atoms with van der Waals surface area (Å²) in [5.41, 5.74) is 0.101. The van der Waals surface area contributed by atoms with Crippen LogP contribution in [0.15, 0.2) is 35.3 Å². The minimum atomic E-state index is -0.553. The second-order valence-electron chi connectivity index (χ2n) is 5.72. The SMILES string of the molecule is O=C(Nc1ccnc(=O)[nH]1)C1CC(=O)N(c2ccc3c(c2)OCO3)C1. The van der Waals surface area contributed by atoms with Crippen molar-refractivity contribution in [1.82, 2.24) is 9.97 Å². The predicted octanol–water partition coefficient (Wildman–Crippen LogP) is 0.490. The van der Waals surface area contributed by atoms with Crippen LogP contribution in [0.5, 0.6) is 11.5 Å². The third-order valence-corrected chi connectivity index (χ3v) is 4.10. The molecule has 4 rings (SSSR count). The molecular formula is C16H14N4O5. The molecule has 0 radical (unpaired) electrons. The summed E-state index contributed by atoms with van der Waals surface area (Å²) in [6, 6.07) is 6.69. The maximum Gasteiger partial charge on any atom is 0.346 e. The first-order chi connectivity index (χ1) is 12.1. The molecule has 9 heteroatoms. The van der Waals surface area contributed by atoms with Crippen molar-refractivity contribution in [3.63, 3.8) is 0 Å². The Morgan fingerprint density at radius 3 is 2.92 bits per heavy atom. The molecule has 2 aliphatic rings. The fourth-order valence-corrected chi connectivity index (χ4v) is 2.86. The van der Waals surface area contributed by atoms with Crippen molar-refractivity contribution in [2.24, 2.45) is 5.92 Å². The number of nitrogens with zero attached hydrogens (tertiary/aromatic N) is 2. The molecule has 2 amide bonds. The summed E-state index contributed by atoms with van der Waals surface area (Å²) in [7, 11) is 0. The van der Waals surface area contributed by atoms with Crippen molar-refractivity contribution in [2.75, 3.05) is 23.6 Å². The lowest BCUT2D eigenvalue weighted by molar-refractivity contribution is -0.122. The molecule has 1 unspecified atom stereocenters. The quantitative estimate of drug-likeness (QED) is 0.839. The monoisotopic (exact) mass is 342 g/mol. The van der Waals surface area contributed by atoms with Crippen LogP contribution in [0, 0.1) is 5.92 Å². The first kappa shape index (κ1) is 15.2. The van der Waals surface area contributed by atoms with Gasteiger partial charge in [-0.15, -0.1) is 0 Å². The third kappa shape index (κ3) is 2.91. The molecule has 1 fully saturated rings. The first-order valence-corrected chi connectivity index (χ1v) is 7.66. The van der Waals surface area contributed by atoms with E-state index in [1.165, 1.54) is 12.3 Å². The summed E-state index contributed by atoms with van der Waals surface area (Å²) in [5, 5.41) is 2.60. The predicted molar refractivity (Wildman–Crippen MR) is 86.5 cm³/mol. The van der Waals surface area contributed by atoms with Gasteiger partial charge in [-0.1, -0.05) is 0 Å². The number of ether oxygens (including phenoxy) is 2. The number of amides is 2. The smallest absolute Gasteiger partial charge is 0.346 e. The number of anilines is 2. The van der Waals surface area contributed by atoms with E-state index in [-0.39, 0.29) is 37.4 Å². The summed E-state index contributed by atoms with van der Waals surface area (Å²) in [6.45, 7) is 0.404. The maximum absolute atomic E-state index is 12.4. The van der Waals surface area contributed by atoms with Crippen LogP contribution in [0.1, 0.15) is 6.42 Å². The zero-order valence-corrected chi connectivity index (χ0v) is 13.0. The Kier molecular flexibility index (Phi) is 3.60. The summed E-state index contributed by atoms with van der Waals surface area (Å²) >= 11 is 0. The van der Waals surface area contributed by atoms with Gasteiger partial charge in [0, 0.05) is 30.9 Å². The molecule has 2 aromatic rings. The number of fused-ring (bicyclic) bond motifs is 1. The van der Waals surface area contributed by atoms with E-state index in [1.54, 1.807) is 23.1 Å². The first-order valence-electron chi connectivity index (χ1n) is 7.66. The summed E-state index contributed by atoms with van der Waals surface area (Å²) in [6.07, 6.45) is 1.39. The van der Waals surface area contributed by atoms with Gasteiger partial charge in [-0.3, -0.25) is 14.6 Å². The standard InChI is InChI=1S/C16H14N4O5/c21-14-5-9(15(22)18-13-3-4-17-16(23)19-13)7-20(14)10-1-2-11-12(6-10)25-8-24-11/h1-4,6,9H,5,7-8H2,(H2,17,18,19,22,23). The normalized spacial score (nSPS) is 18.5. The third-order valence-electron chi connectivity index (χ3n) is 4.10. The minimum Gasteiger partial charge on any atom is -0.454 e. The molecule has 2 aliphatic heterocycles. The van der Waals surface area contributed by atoms with E-state index < -0.39 is 11.6 Å². The van der Waals surface area contributed by atoms with Gasteiger partial charge < -0.3 is 19.7 Å². The van der Waals surface area contributed by atoms with Gasteiger partial charge in [0.2, 0.25) is 18.6 Å². The number of aromatic nitrogens is 2. The summed E-state index contributed by atoms with van der Waals surface area (Å²) in [4.78, 5) is 43.3. The van der Waals surface area contributed by atoms with E-state index in [0.717, 1.165) is 0 Å². The number of aromatic amines is 1. The van der Waals surface area contributed by atoms with Crippen LogP contribution in [0.2, 0.25) is 0 Å². The van der Waals surface area contributed by atoms with Gasteiger partial charge in [-0.25, -0.2) is 9.78 Å².